The van der Waals surface area contributed by atoms with E-state index < -0.39 is 11.6 Å². The molecule has 0 aliphatic carbocycles. The third kappa shape index (κ3) is 1.66. The van der Waals surface area contributed by atoms with E-state index in [2.05, 4.69) is 10.1 Å². The molecule has 1 aromatic carbocycles. The largest absolute Gasteiger partial charge is 0.369 e. The molecule has 0 bridgehead atoms. The topological polar surface area (TPSA) is 61.7 Å². The Morgan fingerprint density at radius 1 is 1.25 bits per heavy atom. The molecule has 7 heteroatoms. The second kappa shape index (κ2) is 4.29. The molecule has 5 nitrogen and oxygen atoms in total. The van der Waals surface area contributed by atoms with Crippen molar-refractivity contribution in [2.45, 2.75) is 13.3 Å². The van der Waals surface area contributed by atoms with Crippen LogP contribution in [0, 0.1) is 11.6 Å². The van der Waals surface area contributed by atoms with Gasteiger partial charge in [0.2, 0.25) is 5.95 Å². The molecule has 3 rings (SSSR count). The van der Waals surface area contributed by atoms with E-state index >= 15 is 0 Å². The fraction of sp³-hybridized carbons (Fsp3) is 0.231. The van der Waals surface area contributed by atoms with Crippen molar-refractivity contribution < 1.29 is 8.78 Å². The molecular weight excluding hydrogens is 264 g/mol. The van der Waals surface area contributed by atoms with E-state index in [-0.39, 0.29) is 5.95 Å². The molecule has 0 saturated heterocycles. The number of benzene rings is 1. The van der Waals surface area contributed by atoms with E-state index in [4.69, 9.17) is 5.73 Å². The highest BCUT2D eigenvalue weighted by atomic mass is 19.2. The lowest BCUT2D eigenvalue weighted by Crippen LogP contribution is -2.05. The molecule has 104 valence electrons. The first-order valence-corrected chi connectivity index (χ1v) is 6.18. The van der Waals surface area contributed by atoms with E-state index in [0.717, 1.165) is 17.8 Å². The van der Waals surface area contributed by atoms with E-state index in [1.807, 2.05) is 6.92 Å². The Labute approximate surface area is 113 Å². The van der Waals surface area contributed by atoms with Gasteiger partial charge in [-0.15, -0.1) is 0 Å². The number of nitrogen functional groups attached to an aromatic ring is 1. The average molecular weight is 277 g/mol. The minimum absolute atomic E-state index is 0.216. The first-order valence-electron chi connectivity index (χ1n) is 6.18. The second-order valence-corrected chi connectivity index (χ2v) is 4.50. The summed E-state index contributed by atoms with van der Waals surface area (Å²) in [6, 6.07) is 3.60. The number of imidazole rings is 1. The first kappa shape index (κ1) is 12.6. The van der Waals surface area contributed by atoms with Gasteiger partial charge >= 0.3 is 0 Å². The van der Waals surface area contributed by atoms with Crippen LogP contribution in [0.2, 0.25) is 0 Å². The van der Waals surface area contributed by atoms with Crippen molar-refractivity contribution in [3.8, 4) is 5.69 Å². The van der Waals surface area contributed by atoms with E-state index in [1.54, 1.807) is 16.3 Å². The smallest absolute Gasteiger partial charge is 0.207 e. The van der Waals surface area contributed by atoms with Gasteiger partial charge < -0.3 is 5.73 Å². The number of aromatic nitrogens is 4. The standard InChI is InChI=1S/C13H13F2N5/c1-3-10-11-12(19(2)18-10)20(13(16)17-11)7-4-5-8(14)9(15)6-7/h4-6H,3H2,1-2H3,(H2,16,17). The summed E-state index contributed by atoms with van der Waals surface area (Å²) in [6.45, 7) is 1.97. The van der Waals surface area contributed by atoms with Gasteiger partial charge in [-0.3, -0.25) is 4.57 Å². The maximum Gasteiger partial charge on any atom is 0.207 e. The summed E-state index contributed by atoms with van der Waals surface area (Å²) < 4.78 is 29.6. The summed E-state index contributed by atoms with van der Waals surface area (Å²) in [4.78, 5) is 4.27. The monoisotopic (exact) mass is 277 g/mol. The molecule has 2 heterocycles. The van der Waals surface area contributed by atoms with Crippen LogP contribution in [0.25, 0.3) is 16.9 Å². The third-order valence-electron chi connectivity index (χ3n) is 3.23. The molecule has 0 unspecified atom stereocenters. The van der Waals surface area contributed by atoms with Crippen molar-refractivity contribution in [3.05, 3.63) is 35.5 Å². The van der Waals surface area contributed by atoms with Crippen LogP contribution >= 0.6 is 0 Å². The molecule has 0 fully saturated rings. The van der Waals surface area contributed by atoms with Crippen LogP contribution in [0.3, 0.4) is 0 Å². The van der Waals surface area contributed by atoms with Crippen LogP contribution in [0.4, 0.5) is 14.7 Å². The van der Waals surface area contributed by atoms with Gasteiger partial charge in [-0.25, -0.2) is 18.4 Å². The summed E-state index contributed by atoms with van der Waals surface area (Å²) >= 11 is 0. The minimum atomic E-state index is -0.929. The molecule has 0 aliphatic rings. The van der Waals surface area contributed by atoms with Crippen molar-refractivity contribution in [3.63, 3.8) is 0 Å². The van der Waals surface area contributed by atoms with Gasteiger partial charge in [0, 0.05) is 13.1 Å². The molecule has 0 atom stereocenters. The number of rotatable bonds is 2. The van der Waals surface area contributed by atoms with Crippen molar-refractivity contribution in [1.29, 1.82) is 0 Å². The fourth-order valence-corrected chi connectivity index (χ4v) is 2.31. The predicted molar refractivity (Wildman–Crippen MR) is 71.5 cm³/mol. The van der Waals surface area contributed by atoms with Crippen molar-refractivity contribution in [2.75, 3.05) is 5.73 Å². The van der Waals surface area contributed by atoms with E-state index in [9.17, 15) is 8.78 Å². The Hall–Kier alpha value is -2.44. The zero-order valence-electron chi connectivity index (χ0n) is 11.1. The summed E-state index contributed by atoms with van der Waals surface area (Å²) in [5, 5.41) is 4.35. The van der Waals surface area contributed by atoms with Gasteiger partial charge in [-0.2, -0.15) is 5.10 Å². The first-order chi connectivity index (χ1) is 9.52. The number of aryl methyl sites for hydroxylation is 2. The fourth-order valence-electron chi connectivity index (χ4n) is 2.31. The van der Waals surface area contributed by atoms with Gasteiger partial charge in [0.15, 0.2) is 17.3 Å². The molecule has 0 saturated carbocycles. The summed E-state index contributed by atoms with van der Waals surface area (Å²) in [7, 11) is 1.76. The number of hydrogen-bond acceptors (Lipinski definition) is 3. The molecule has 2 N–H and O–H groups in total. The van der Waals surface area contributed by atoms with Crippen LogP contribution in [0.5, 0.6) is 0 Å². The number of hydrogen-bond donors (Lipinski definition) is 1. The van der Waals surface area contributed by atoms with Crippen LogP contribution in [0.1, 0.15) is 12.6 Å². The van der Waals surface area contributed by atoms with E-state index in [0.29, 0.717) is 23.3 Å². The quantitative estimate of drug-likeness (QED) is 0.781. The van der Waals surface area contributed by atoms with Crippen molar-refractivity contribution >= 4 is 17.1 Å². The van der Waals surface area contributed by atoms with Crippen LogP contribution < -0.4 is 5.73 Å². The predicted octanol–water partition coefficient (Wildman–Crippen LogP) is 2.18. The molecule has 0 spiro atoms. The second-order valence-electron chi connectivity index (χ2n) is 4.50. The molecular formula is C13H13F2N5. The Balaban J connectivity index is 2.32. The maximum atomic E-state index is 13.4. The van der Waals surface area contributed by atoms with Crippen molar-refractivity contribution in [1.82, 2.24) is 19.3 Å². The highest BCUT2D eigenvalue weighted by Crippen LogP contribution is 2.26. The Bertz CT molecular complexity index is 803. The number of nitrogens with two attached hydrogens (primary N) is 1. The van der Waals surface area contributed by atoms with Crippen LogP contribution in [-0.4, -0.2) is 19.3 Å². The Morgan fingerprint density at radius 2 is 2.00 bits per heavy atom. The minimum Gasteiger partial charge on any atom is -0.369 e. The van der Waals surface area contributed by atoms with E-state index in [1.165, 1.54) is 6.07 Å². The zero-order valence-corrected chi connectivity index (χ0v) is 11.1. The third-order valence-corrected chi connectivity index (χ3v) is 3.23. The maximum absolute atomic E-state index is 13.4. The highest BCUT2D eigenvalue weighted by Gasteiger charge is 2.18. The molecule has 0 aliphatic heterocycles. The molecule has 0 amide bonds. The number of fused-ring (bicyclic) bond motifs is 1. The summed E-state index contributed by atoms with van der Waals surface area (Å²) in [5.74, 6) is -1.61. The summed E-state index contributed by atoms with van der Waals surface area (Å²) in [6.07, 6.45) is 0.714. The zero-order chi connectivity index (χ0) is 14.4. The Kier molecular flexibility index (Phi) is 2.70. The normalized spacial score (nSPS) is 11.4. The molecule has 3 aromatic rings. The number of nitrogens with zero attached hydrogens (tertiary/aromatic N) is 4. The van der Waals surface area contributed by atoms with Gasteiger partial charge in [0.25, 0.3) is 0 Å². The number of anilines is 1. The lowest BCUT2D eigenvalue weighted by atomic mass is 10.3. The van der Waals surface area contributed by atoms with Gasteiger partial charge in [0.05, 0.1) is 11.4 Å². The summed E-state index contributed by atoms with van der Waals surface area (Å²) in [5.41, 5.74) is 8.47. The lowest BCUT2D eigenvalue weighted by Gasteiger charge is -2.07. The lowest BCUT2D eigenvalue weighted by molar-refractivity contribution is 0.508. The molecule has 2 aromatic heterocycles. The van der Waals surface area contributed by atoms with Gasteiger partial charge in [-0.05, 0) is 18.6 Å². The average Bonchev–Trinajstić information content (AvgIpc) is 2.90. The molecule has 20 heavy (non-hydrogen) atoms. The van der Waals surface area contributed by atoms with Gasteiger partial charge in [0.1, 0.15) is 5.52 Å². The van der Waals surface area contributed by atoms with Crippen LogP contribution in [0.15, 0.2) is 18.2 Å². The van der Waals surface area contributed by atoms with Gasteiger partial charge in [-0.1, -0.05) is 6.92 Å². The SMILES string of the molecule is CCc1nn(C)c2c1nc(N)n2-c1ccc(F)c(F)c1. The van der Waals surface area contributed by atoms with Crippen molar-refractivity contribution in [2.24, 2.45) is 7.05 Å². The number of halogens is 2. The highest BCUT2D eigenvalue weighted by molar-refractivity contribution is 5.80. The molecule has 0 radical (unpaired) electrons. The van der Waals surface area contributed by atoms with Crippen LogP contribution in [-0.2, 0) is 13.5 Å². The Morgan fingerprint density at radius 3 is 2.65 bits per heavy atom.